The molecular formula is C17H23Cl2NO. The van der Waals surface area contributed by atoms with E-state index in [1.54, 1.807) is 0 Å². The summed E-state index contributed by atoms with van der Waals surface area (Å²) in [5.41, 5.74) is 0.258. The van der Waals surface area contributed by atoms with Gasteiger partial charge in [0.2, 0.25) is 0 Å². The summed E-state index contributed by atoms with van der Waals surface area (Å²) in [5.74, 6) is 0.656. The van der Waals surface area contributed by atoms with Crippen molar-refractivity contribution in [1.82, 2.24) is 5.32 Å². The van der Waals surface area contributed by atoms with E-state index in [1.165, 1.54) is 38.5 Å². The first kappa shape index (κ1) is 15.5. The molecule has 116 valence electrons. The fraction of sp³-hybridized carbons (Fsp3) is 0.647. The smallest absolute Gasteiger partial charge is 0.156 e. The number of hydrogen-bond donors (Lipinski definition) is 1. The molecule has 2 fully saturated rings. The molecular weight excluding hydrogens is 305 g/mol. The Kier molecular flexibility index (Phi) is 4.68. The summed E-state index contributed by atoms with van der Waals surface area (Å²) in [7, 11) is 2.07. The number of para-hydroxylation sites is 1. The van der Waals surface area contributed by atoms with Crippen LogP contribution in [0, 0.1) is 5.41 Å². The van der Waals surface area contributed by atoms with Gasteiger partial charge in [-0.2, -0.15) is 0 Å². The molecule has 0 heterocycles. The topological polar surface area (TPSA) is 21.3 Å². The first-order chi connectivity index (χ1) is 10.2. The molecule has 0 amide bonds. The van der Waals surface area contributed by atoms with Gasteiger partial charge in [-0.15, -0.1) is 0 Å². The molecule has 0 radical (unpaired) electrons. The molecule has 0 bridgehead atoms. The van der Waals surface area contributed by atoms with Crippen molar-refractivity contribution in [3.8, 4) is 5.75 Å². The number of nitrogens with one attached hydrogen (secondary N) is 1. The standard InChI is InChI=1S/C17H23Cl2NO/c1-20-14-11-15(17(14)9-4-2-3-5-10-17)21-16-12(18)7-6-8-13(16)19/h6-8,14-15,20H,2-5,9-11H2,1H3. The Hall–Kier alpha value is -0.440. The van der Waals surface area contributed by atoms with Crippen LogP contribution in [-0.2, 0) is 0 Å². The van der Waals surface area contributed by atoms with Gasteiger partial charge in [0.15, 0.2) is 5.75 Å². The van der Waals surface area contributed by atoms with Crippen molar-refractivity contribution in [2.24, 2.45) is 5.41 Å². The molecule has 2 nitrogen and oxygen atoms in total. The molecule has 1 aromatic carbocycles. The molecule has 2 atom stereocenters. The Labute approximate surface area is 137 Å². The fourth-order valence-corrected chi connectivity index (χ4v) is 4.60. The van der Waals surface area contributed by atoms with E-state index in [-0.39, 0.29) is 11.5 Å². The summed E-state index contributed by atoms with van der Waals surface area (Å²) in [6.07, 6.45) is 9.04. The normalized spacial score (nSPS) is 28.0. The second kappa shape index (κ2) is 6.36. The van der Waals surface area contributed by atoms with Crippen molar-refractivity contribution in [1.29, 1.82) is 0 Å². The predicted octanol–water partition coefficient (Wildman–Crippen LogP) is 5.07. The van der Waals surface area contributed by atoms with E-state index in [4.69, 9.17) is 27.9 Å². The van der Waals surface area contributed by atoms with E-state index in [2.05, 4.69) is 12.4 Å². The van der Waals surface area contributed by atoms with Crippen LogP contribution in [0.5, 0.6) is 5.75 Å². The van der Waals surface area contributed by atoms with E-state index < -0.39 is 0 Å². The molecule has 0 saturated heterocycles. The van der Waals surface area contributed by atoms with Gasteiger partial charge in [0.25, 0.3) is 0 Å². The molecule has 2 unspecified atom stereocenters. The van der Waals surface area contributed by atoms with E-state index in [0.717, 1.165) is 6.42 Å². The monoisotopic (exact) mass is 327 g/mol. The molecule has 2 saturated carbocycles. The Morgan fingerprint density at radius 3 is 2.29 bits per heavy atom. The highest BCUT2D eigenvalue weighted by Crippen LogP contribution is 2.53. The van der Waals surface area contributed by atoms with Gasteiger partial charge in [-0.25, -0.2) is 0 Å². The lowest BCUT2D eigenvalue weighted by Gasteiger charge is -2.55. The quantitative estimate of drug-likeness (QED) is 0.836. The Balaban J connectivity index is 1.81. The molecule has 3 rings (SSSR count). The summed E-state index contributed by atoms with van der Waals surface area (Å²) in [6, 6.07) is 6.10. The van der Waals surface area contributed by atoms with Crippen molar-refractivity contribution in [2.45, 2.75) is 57.1 Å². The first-order valence-electron chi connectivity index (χ1n) is 7.95. The number of halogens is 2. The van der Waals surface area contributed by atoms with E-state index >= 15 is 0 Å². The van der Waals surface area contributed by atoms with Gasteiger partial charge in [-0.3, -0.25) is 0 Å². The predicted molar refractivity (Wildman–Crippen MR) is 88.5 cm³/mol. The van der Waals surface area contributed by atoms with Crippen LogP contribution in [0.15, 0.2) is 18.2 Å². The number of rotatable bonds is 3. The average Bonchev–Trinajstić information content (AvgIpc) is 2.73. The van der Waals surface area contributed by atoms with Crippen molar-refractivity contribution in [3.05, 3.63) is 28.2 Å². The lowest BCUT2D eigenvalue weighted by atomic mass is 9.58. The molecule has 1 spiro atoms. The third-order valence-corrected chi connectivity index (χ3v) is 5.94. The molecule has 1 aromatic rings. The highest BCUT2D eigenvalue weighted by molar-refractivity contribution is 6.37. The second-order valence-corrected chi connectivity index (χ2v) is 7.20. The third-order valence-electron chi connectivity index (χ3n) is 5.35. The van der Waals surface area contributed by atoms with Crippen LogP contribution >= 0.6 is 23.2 Å². The minimum absolute atomic E-state index is 0.227. The second-order valence-electron chi connectivity index (χ2n) is 6.38. The van der Waals surface area contributed by atoms with Crippen molar-refractivity contribution < 1.29 is 4.74 Å². The number of benzene rings is 1. The zero-order chi connectivity index (χ0) is 14.9. The Bertz CT molecular complexity index is 477. The molecule has 0 aliphatic heterocycles. The van der Waals surface area contributed by atoms with Crippen molar-refractivity contribution >= 4 is 23.2 Å². The van der Waals surface area contributed by atoms with Gasteiger partial charge >= 0.3 is 0 Å². The minimum atomic E-state index is 0.227. The zero-order valence-corrected chi connectivity index (χ0v) is 14.0. The number of hydrogen-bond acceptors (Lipinski definition) is 2. The highest BCUT2D eigenvalue weighted by Gasteiger charge is 2.55. The van der Waals surface area contributed by atoms with Crippen LogP contribution in [0.25, 0.3) is 0 Å². The highest BCUT2D eigenvalue weighted by atomic mass is 35.5. The van der Waals surface area contributed by atoms with Crippen molar-refractivity contribution in [3.63, 3.8) is 0 Å². The summed E-state index contributed by atoms with van der Waals surface area (Å²) in [5, 5.41) is 4.71. The van der Waals surface area contributed by atoms with Gasteiger partial charge in [-0.05, 0) is 32.0 Å². The molecule has 4 heteroatoms. The van der Waals surface area contributed by atoms with E-state index in [9.17, 15) is 0 Å². The summed E-state index contributed by atoms with van der Waals surface area (Å²) >= 11 is 12.5. The Morgan fingerprint density at radius 1 is 1.10 bits per heavy atom. The minimum Gasteiger partial charge on any atom is -0.487 e. The molecule has 2 aliphatic rings. The maximum Gasteiger partial charge on any atom is 0.156 e. The maximum absolute atomic E-state index is 6.29. The Morgan fingerprint density at radius 2 is 1.71 bits per heavy atom. The van der Waals surface area contributed by atoms with Gasteiger partial charge in [0.05, 0.1) is 10.0 Å². The summed E-state index contributed by atoms with van der Waals surface area (Å²) in [6.45, 7) is 0. The van der Waals surface area contributed by atoms with Gasteiger partial charge in [-0.1, -0.05) is 55.0 Å². The van der Waals surface area contributed by atoms with Crippen molar-refractivity contribution in [2.75, 3.05) is 7.05 Å². The molecule has 1 N–H and O–H groups in total. The number of ether oxygens (including phenoxy) is 1. The van der Waals surface area contributed by atoms with Gasteiger partial charge in [0, 0.05) is 17.9 Å². The lowest BCUT2D eigenvalue weighted by Crippen LogP contribution is -2.64. The summed E-state index contributed by atoms with van der Waals surface area (Å²) in [4.78, 5) is 0. The lowest BCUT2D eigenvalue weighted by molar-refractivity contribution is -0.0881. The van der Waals surface area contributed by atoms with E-state index in [0.29, 0.717) is 21.8 Å². The van der Waals surface area contributed by atoms with Crippen LogP contribution < -0.4 is 10.1 Å². The van der Waals surface area contributed by atoms with Gasteiger partial charge in [0.1, 0.15) is 6.10 Å². The third kappa shape index (κ3) is 2.78. The van der Waals surface area contributed by atoms with Crippen LogP contribution in [0.3, 0.4) is 0 Å². The molecule has 2 aliphatic carbocycles. The van der Waals surface area contributed by atoms with Crippen LogP contribution in [0.1, 0.15) is 44.9 Å². The SMILES string of the molecule is CNC1CC(Oc2c(Cl)cccc2Cl)C12CCCCCC2. The first-order valence-corrected chi connectivity index (χ1v) is 8.71. The molecule has 0 aromatic heterocycles. The van der Waals surface area contributed by atoms with Gasteiger partial charge < -0.3 is 10.1 Å². The largest absolute Gasteiger partial charge is 0.487 e. The van der Waals surface area contributed by atoms with Crippen LogP contribution in [0.4, 0.5) is 0 Å². The maximum atomic E-state index is 6.29. The molecule has 21 heavy (non-hydrogen) atoms. The zero-order valence-electron chi connectivity index (χ0n) is 12.5. The summed E-state index contributed by atoms with van der Waals surface area (Å²) < 4.78 is 6.29. The van der Waals surface area contributed by atoms with Crippen LogP contribution in [0.2, 0.25) is 10.0 Å². The fourth-order valence-electron chi connectivity index (χ4n) is 4.11. The average molecular weight is 328 g/mol. The van der Waals surface area contributed by atoms with E-state index in [1.807, 2.05) is 18.2 Å². The van der Waals surface area contributed by atoms with Crippen LogP contribution in [-0.4, -0.2) is 19.2 Å².